The lowest BCUT2D eigenvalue weighted by Gasteiger charge is -2.10. The van der Waals surface area contributed by atoms with E-state index in [0.717, 1.165) is 11.8 Å². The van der Waals surface area contributed by atoms with E-state index in [0.29, 0.717) is 0 Å². The second-order valence-corrected chi connectivity index (χ2v) is 4.82. The molecule has 0 aromatic carbocycles. The van der Waals surface area contributed by atoms with Gasteiger partial charge in [-0.3, -0.25) is 0 Å². The molecule has 0 saturated heterocycles. The molecule has 0 aromatic heterocycles. The Morgan fingerprint density at radius 1 is 1.31 bits per heavy atom. The maximum Gasteiger partial charge on any atom is -0.0320 e. The molecule has 0 N–H and O–H groups in total. The van der Waals surface area contributed by atoms with Crippen LogP contribution in [0.5, 0.6) is 0 Å². The minimum absolute atomic E-state index is 0.990. The van der Waals surface area contributed by atoms with Crippen LogP contribution in [0.1, 0.15) is 58.8 Å². The van der Waals surface area contributed by atoms with Crippen molar-refractivity contribution in [1.29, 1.82) is 0 Å². The number of hydrogen-bond donors (Lipinski definition) is 0. The molecule has 0 nitrogen and oxygen atoms in total. The molecule has 2 atom stereocenters. The molecule has 1 aliphatic rings. The first kappa shape index (κ1) is 10.8. The molecule has 1 aliphatic carbocycles. The lowest BCUT2D eigenvalue weighted by molar-refractivity contribution is 0.476. The summed E-state index contributed by atoms with van der Waals surface area (Å²) in [6.07, 6.45) is 9.60. The van der Waals surface area contributed by atoms with Gasteiger partial charge in [0.2, 0.25) is 0 Å². The number of rotatable bonds is 5. The van der Waals surface area contributed by atoms with E-state index in [4.69, 9.17) is 0 Å². The normalized spacial score (nSPS) is 27.8. The second kappa shape index (κ2) is 5.47. The lowest BCUT2D eigenvalue weighted by Crippen LogP contribution is -1.95. The van der Waals surface area contributed by atoms with Crippen LogP contribution in [0.2, 0.25) is 0 Å². The van der Waals surface area contributed by atoms with Crippen molar-refractivity contribution in [2.24, 2.45) is 11.8 Å². The van der Waals surface area contributed by atoms with Crippen molar-refractivity contribution < 1.29 is 0 Å². The van der Waals surface area contributed by atoms with Gasteiger partial charge >= 0.3 is 0 Å². The molecule has 76 valence electrons. The summed E-state index contributed by atoms with van der Waals surface area (Å²) < 4.78 is 0. The monoisotopic (exact) mass is 180 g/mol. The summed E-state index contributed by atoms with van der Waals surface area (Å²) in [6, 6.07) is 0. The molecule has 1 fully saturated rings. The Bertz CT molecular complexity index is 157. The molecule has 0 spiro atoms. The Balaban J connectivity index is 2.09. The zero-order valence-corrected chi connectivity index (χ0v) is 9.31. The molecule has 0 bridgehead atoms. The van der Waals surface area contributed by atoms with Crippen LogP contribution in [0.3, 0.4) is 0 Å². The highest BCUT2D eigenvalue weighted by atomic mass is 14.3. The molecule has 0 heterocycles. The lowest BCUT2D eigenvalue weighted by atomic mass is 9.96. The van der Waals surface area contributed by atoms with Crippen LogP contribution in [0.4, 0.5) is 0 Å². The van der Waals surface area contributed by atoms with Crippen molar-refractivity contribution in [3.8, 4) is 0 Å². The SMILES string of the molecule is C=C(CCC)CCC1CC[C@@H](C)C1. The van der Waals surface area contributed by atoms with Crippen LogP contribution in [-0.4, -0.2) is 0 Å². The van der Waals surface area contributed by atoms with Crippen LogP contribution in [-0.2, 0) is 0 Å². The van der Waals surface area contributed by atoms with Gasteiger partial charge in [-0.2, -0.15) is 0 Å². The van der Waals surface area contributed by atoms with Gasteiger partial charge in [-0.15, -0.1) is 0 Å². The maximum atomic E-state index is 4.12. The van der Waals surface area contributed by atoms with Gasteiger partial charge in [0, 0.05) is 0 Å². The third kappa shape index (κ3) is 3.97. The van der Waals surface area contributed by atoms with Crippen molar-refractivity contribution >= 4 is 0 Å². The van der Waals surface area contributed by atoms with Crippen LogP contribution in [0, 0.1) is 11.8 Å². The van der Waals surface area contributed by atoms with Gasteiger partial charge in [0.25, 0.3) is 0 Å². The predicted molar refractivity (Wildman–Crippen MR) is 59.8 cm³/mol. The van der Waals surface area contributed by atoms with Crippen molar-refractivity contribution in [2.75, 3.05) is 0 Å². The first-order valence-corrected chi connectivity index (χ1v) is 5.89. The average molecular weight is 180 g/mol. The minimum Gasteiger partial charge on any atom is -0.0999 e. The van der Waals surface area contributed by atoms with Crippen LogP contribution >= 0.6 is 0 Å². The van der Waals surface area contributed by atoms with Crippen LogP contribution < -0.4 is 0 Å². The highest BCUT2D eigenvalue weighted by molar-refractivity contribution is 4.94. The molecule has 1 saturated carbocycles. The fraction of sp³-hybridized carbons (Fsp3) is 0.846. The van der Waals surface area contributed by atoms with Gasteiger partial charge in [-0.05, 0) is 37.5 Å². The maximum absolute atomic E-state index is 4.12. The van der Waals surface area contributed by atoms with Crippen LogP contribution in [0.25, 0.3) is 0 Å². The largest absolute Gasteiger partial charge is 0.0999 e. The summed E-state index contributed by atoms with van der Waals surface area (Å²) in [4.78, 5) is 0. The van der Waals surface area contributed by atoms with E-state index in [-0.39, 0.29) is 0 Å². The summed E-state index contributed by atoms with van der Waals surface area (Å²) in [5.41, 5.74) is 1.47. The zero-order chi connectivity index (χ0) is 9.68. The fourth-order valence-electron chi connectivity index (χ4n) is 2.47. The molecule has 0 amide bonds. The Kier molecular flexibility index (Phi) is 4.55. The highest BCUT2D eigenvalue weighted by Crippen LogP contribution is 2.34. The minimum atomic E-state index is 0.990. The zero-order valence-electron chi connectivity index (χ0n) is 9.31. The smallest absolute Gasteiger partial charge is 0.0320 e. The van der Waals surface area contributed by atoms with E-state index >= 15 is 0 Å². The number of allylic oxidation sites excluding steroid dienone is 1. The third-order valence-corrected chi connectivity index (χ3v) is 3.31. The Morgan fingerprint density at radius 3 is 2.62 bits per heavy atom. The summed E-state index contributed by atoms with van der Waals surface area (Å²) in [6.45, 7) is 8.75. The van der Waals surface area contributed by atoms with Gasteiger partial charge in [0.15, 0.2) is 0 Å². The quantitative estimate of drug-likeness (QED) is 0.544. The van der Waals surface area contributed by atoms with E-state index in [1.807, 2.05) is 0 Å². The second-order valence-electron chi connectivity index (χ2n) is 4.82. The summed E-state index contributed by atoms with van der Waals surface area (Å²) in [5, 5.41) is 0. The average Bonchev–Trinajstić information content (AvgIpc) is 2.49. The van der Waals surface area contributed by atoms with E-state index in [9.17, 15) is 0 Å². The fourth-order valence-corrected chi connectivity index (χ4v) is 2.47. The molecule has 1 rings (SSSR count). The molecule has 0 radical (unpaired) electrons. The van der Waals surface area contributed by atoms with Crippen LogP contribution in [0.15, 0.2) is 12.2 Å². The molecule has 1 unspecified atom stereocenters. The highest BCUT2D eigenvalue weighted by Gasteiger charge is 2.20. The van der Waals surface area contributed by atoms with Gasteiger partial charge in [0.1, 0.15) is 0 Å². The van der Waals surface area contributed by atoms with Crippen molar-refractivity contribution in [3.05, 3.63) is 12.2 Å². The van der Waals surface area contributed by atoms with E-state index in [1.54, 1.807) is 0 Å². The summed E-state index contributed by atoms with van der Waals surface area (Å²) in [7, 11) is 0. The van der Waals surface area contributed by atoms with E-state index < -0.39 is 0 Å². The Hall–Kier alpha value is -0.260. The third-order valence-electron chi connectivity index (χ3n) is 3.31. The van der Waals surface area contributed by atoms with Gasteiger partial charge in [0.05, 0.1) is 0 Å². The summed E-state index contributed by atoms with van der Waals surface area (Å²) >= 11 is 0. The summed E-state index contributed by atoms with van der Waals surface area (Å²) in [5.74, 6) is 2.01. The van der Waals surface area contributed by atoms with Crippen molar-refractivity contribution in [2.45, 2.75) is 58.8 Å². The van der Waals surface area contributed by atoms with Crippen molar-refractivity contribution in [3.63, 3.8) is 0 Å². The first-order valence-electron chi connectivity index (χ1n) is 5.89. The van der Waals surface area contributed by atoms with Crippen molar-refractivity contribution in [1.82, 2.24) is 0 Å². The molecule has 0 aliphatic heterocycles. The van der Waals surface area contributed by atoms with Gasteiger partial charge in [-0.1, -0.05) is 45.3 Å². The van der Waals surface area contributed by atoms with E-state index in [1.165, 1.54) is 50.5 Å². The van der Waals surface area contributed by atoms with Gasteiger partial charge in [-0.25, -0.2) is 0 Å². The molecular formula is C13H24. The standard InChI is InChI=1S/C13H24/c1-4-5-11(2)6-8-13-9-7-12(3)10-13/h12-13H,2,4-10H2,1,3H3/t12-,13?/m1/s1. The Morgan fingerprint density at radius 2 is 2.08 bits per heavy atom. The first-order chi connectivity index (χ1) is 6.22. The molecular weight excluding hydrogens is 156 g/mol. The Labute approximate surface area is 83.4 Å². The van der Waals surface area contributed by atoms with E-state index in [2.05, 4.69) is 20.4 Å². The topological polar surface area (TPSA) is 0 Å². The van der Waals surface area contributed by atoms with Gasteiger partial charge < -0.3 is 0 Å². The molecule has 0 heteroatoms. The molecule has 13 heavy (non-hydrogen) atoms. The molecule has 0 aromatic rings. The number of hydrogen-bond acceptors (Lipinski definition) is 0. The predicted octanol–water partition coefficient (Wildman–Crippen LogP) is 4.56.